The molecule has 112 valence electrons. The Morgan fingerprint density at radius 2 is 1.60 bits per heavy atom. The lowest BCUT2D eigenvalue weighted by atomic mass is 10.1. The van der Waals surface area contributed by atoms with Gasteiger partial charge in [-0.1, -0.05) is 57.1 Å². The predicted molar refractivity (Wildman–Crippen MR) is 83.9 cm³/mol. The number of rotatable bonds is 7. The molecule has 0 atom stereocenters. The van der Waals surface area contributed by atoms with Crippen LogP contribution in [0.1, 0.15) is 38.8 Å². The Kier molecular flexibility index (Phi) is 6.52. The van der Waals surface area contributed by atoms with Gasteiger partial charge in [-0.2, -0.15) is 0 Å². The summed E-state index contributed by atoms with van der Waals surface area (Å²) in [6, 6.07) is 7.88. The maximum Gasteiger partial charge on any atom is 0.170 e. The Morgan fingerprint density at radius 3 is 2.00 bits per heavy atom. The fourth-order valence-electron chi connectivity index (χ4n) is 2.33. The maximum absolute atomic E-state index is 8.66. The molecule has 1 rings (SSSR count). The van der Waals surface area contributed by atoms with Gasteiger partial charge in [0.05, 0.1) is 0 Å². The summed E-state index contributed by atoms with van der Waals surface area (Å²) in [6.07, 6.45) is 0. The van der Waals surface area contributed by atoms with Crippen molar-refractivity contribution < 1.29 is 5.21 Å². The Morgan fingerprint density at radius 1 is 1.10 bits per heavy atom. The largest absolute Gasteiger partial charge is 0.409 e. The van der Waals surface area contributed by atoms with Gasteiger partial charge in [0.15, 0.2) is 5.84 Å². The molecule has 0 heterocycles. The van der Waals surface area contributed by atoms with E-state index in [-0.39, 0.29) is 5.84 Å². The summed E-state index contributed by atoms with van der Waals surface area (Å²) in [6.45, 7) is 12.1. The van der Waals surface area contributed by atoms with Crippen LogP contribution in [0.4, 0.5) is 0 Å². The van der Waals surface area contributed by atoms with Gasteiger partial charge in [0.25, 0.3) is 0 Å². The highest BCUT2D eigenvalue weighted by molar-refractivity contribution is 5.96. The van der Waals surface area contributed by atoms with Crippen molar-refractivity contribution in [1.29, 1.82) is 0 Å². The summed E-state index contributed by atoms with van der Waals surface area (Å²) in [4.78, 5) is 2.48. The second kappa shape index (κ2) is 7.90. The lowest BCUT2D eigenvalue weighted by molar-refractivity contribution is 0.211. The summed E-state index contributed by atoms with van der Waals surface area (Å²) in [5, 5.41) is 11.7. The molecular weight excluding hydrogens is 250 g/mol. The summed E-state index contributed by atoms with van der Waals surface area (Å²) in [5.41, 5.74) is 7.56. The number of benzene rings is 1. The van der Waals surface area contributed by atoms with Crippen molar-refractivity contribution in [3.05, 3.63) is 35.4 Å². The molecule has 1 aromatic rings. The topological polar surface area (TPSA) is 61.8 Å². The van der Waals surface area contributed by atoms with E-state index in [9.17, 15) is 0 Å². The second-order valence-corrected chi connectivity index (χ2v) is 6.16. The molecule has 0 unspecified atom stereocenters. The van der Waals surface area contributed by atoms with Crippen molar-refractivity contribution in [1.82, 2.24) is 4.90 Å². The smallest absolute Gasteiger partial charge is 0.170 e. The lowest BCUT2D eigenvalue weighted by Gasteiger charge is -2.26. The maximum atomic E-state index is 8.66. The fourth-order valence-corrected chi connectivity index (χ4v) is 2.33. The lowest BCUT2D eigenvalue weighted by Crippen LogP contribution is -2.30. The number of oxime groups is 1. The molecule has 1 aromatic carbocycles. The van der Waals surface area contributed by atoms with Crippen LogP contribution in [-0.2, 0) is 6.54 Å². The van der Waals surface area contributed by atoms with Crippen molar-refractivity contribution in [3.63, 3.8) is 0 Å². The first kappa shape index (κ1) is 16.5. The van der Waals surface area contributed by atoms with E-state index in [0.29, 0.717) is 11.8 Å². The molecule has 0 aromatic heterocycles. The van der Waals surface area contributed by atoms with Gasteiger partial charge in [0.1, 0.15) is 0 Å². The van der Waals surface area contributed by atoms with Crippen LogP contribution in [0.2, 0.25) is 0 Å². The minimum absolute atomic E-state index is 0.151. The zero-order valence-corrected chi connectivity index (χ0v) is 13.0. The average Bonchev–Trinajstić information content (AvgIpc) is 2.37. The zero-order chi connectivity index (χ0) is 15.1. The first-order valence-electron chi connectivity index (χ1n) is 7.21. The number of nitrogens with zero attached hydrogens (tertiary/aromatic N) is 2. The summed E-state index contributed by atoms with van der Waals surface area (Å²) >= 11 is 0. The van der Waals surface area contributed by atoms with E-state index in [1.54, 1.807) is 0 Å². The second-order valence-electron chi connectivity index (χ2n) is 6.16. The first-order valence-corrected chi connectivity index (χ1v) is 7.21. The average molecular weight is 277 g/mol. The van der Waals surface area contributed by atoms with Gasteiger partial charge < -0.3 is 10.9 Å². The third-order valence-corrected chi connectivity index (χ3v) is 3.01. The van der Waals surface area contributed by atoms with Gasteiger partial charge in [-0.05, 0) is 17.4 Å². The number of hydrogen-bond acceptors (Lipinski definition) is 3. The van der Waals surface area contributed by atoms with Crippen molar-refractivity contribution in [2.75, 3.05) is 13.1 Å². The predicted octanol–water partition coefficient (Wildman–Crippen LogP) is 2.90. The molecule has 0 bridgehead atoms. The highest BCUT2D eigenvalue weighted by Crippen LogP contribution is 2.11. The van der Waals surface area contributed by atoms with E-state index in [2.05, 4.69) is 37.8 Å². The van der Waals surface area contributed by atoms with Gasteiger partial charge >= 0.3 is 0 Å². The van der Waals surface area contributed by atoms with Crippen LogP contribution in [0.25, 0.3) is 0 Å². The molecule has 0 amide bonds. The molecule has 0 fully saturated rings. The third kappa shape index (κ3) is 5.61. The Hall–Kier alpha value is -1.55. The Balaban J connectivity index is 2.72. The molecule has 0 saturated heterocycles. The Bertz CT molecular complexity index is 414. The monoisotopic (exact) mass is 277 g/mol. The van der Waals surface area contributed by atoms with Crippen LogP contribution in [0, 0.1) is 11.8 Å². The normalized spacial score (nSPS) is 12.7. The highest BCUT2D eigenvalue weighted by atomic mass is 16.4. The van der Waals surface area contributed by atoms with Crippen molar-refractivity contribution in [2.24, 2.45) is 22.7 Å². The molecule has 0 aliphatic rings. The van der Waals surface area contributed by atoms with E-state index in [1.807, 2.05) is 24.3 Å². The van der Waals surface area contributed by atoms with E-state index in [0.717, 1.165) is 25.2 Å². The summed E-state index contributed by atoms with van der Waals surface area (Å²) in [7, 11) is 0. The van der Waals surface area contributed by atoms with Crippen LogP contribution < -0.4 is 5.73 Å². The quantitative estimate of drug-likeness (QED) is 0.349. The number of nitrogens with two attached hydrogens (primary N) is 1. The molecule has 4 nitrogen and oxygen atoms in total. The van der Waals surface area contributed by atoms with Crippen LogP contribution in [0.15, 0.2) is 29.4 Å². The molecular formula is C16H27N3O. The molecule has 0 aliphatic carbocycles. The summed E-state index contributed by atoms with van der Waals surface area (Å²) in [5.74, 6) is 1.47. The number of amidine groups is 1. The van der Waals surface area contributed by atoms with Crippen molar-refractivity contribution in [3.8, 4) is 0 Å². The van der Waals surface area contributed by atoms with E-state index < -0.39 is 0 Å². The van der Waals surface area contributed by atoms with Gasteiger partial charge in [-0.3, -0.25) is 4.90 Å². The fraction of sp³-hybridized carbons (Fsp3) is 0.562. The van der Waals surface area contributed by atoms with E-state index >= 15 is 0 Å². The van der Waals surface area contributed by atoms with Crippen molar-refractivity contribution >= 4 is 5.84 Å². The molecule has 0 spiro atoms. The third-order valence-electron chi connectivity index (χ3n) is 3.01. The van der Waals surface area contributed by atoms with E-state index in [4.69, 9.17) is 10.9 Å². The Labute approximate surface area is 122 Å². The van der Waals surface area contributed by atoms with Crippen LogP contribution in [0.5, 0.6) is 0 Å². The van der Waals surface area contributed by atoms with Crippen LogP contribution >= 0.6 is 0 Å². The van der Waals surface area contributed by atoms with Crippen molar-refractivity contribution in [2.45, 2.75) is 34.2 Å². The minimum atomic E-state index is 0.151. The standard InChI is InChI=1S/C16H27N3O/c1-12(2)9-19(10-13(3)4)11-14-5-7-15(8-6-14)16(17)18-20/h5-8,12-13,20H,9-11H2,1-4H3,(H2,17,18). The van der Waals surface area contributed by atoms with E-state index in [1.165, 1.54) is 5.56 Å². The molecule has 0 saturated carbocycles. The first-order chi connectivity index (χ1) is 9.42. The molecule has 0 aliphatic heterocycles. The SMILES string of the molecule is CC(C)CN(Cc1ccc(/C(N)=N/O)cc1)CC(C)C. The number of hydrogen-bond donors (Lipinski definition) is 2. The molecule has 4 heteroatoms. The van der Waals surface area contributed by atoms with Gasteiger partial charge in [0.2, 0.25) is 0 Å². The molecule has 0 radical (unpaired) electrons. The van der Waals surface area contributed by atoms with Gasteiger partial charge in [-0.15, -0.1) is 0 Å². The van der Waals surface area contributed by atoms with Gasteiger partial charge in [0, 0.05) is 25.2 Å². The molecule has 3 N–H and O–H groups in total. The molecule has 20 heavy (non-hydrogen) atoms. The van der Waals surface area contributed by atoms with Gasteiger partial charge in [-0.25, -0.2) is 0 Å². The minimum Gasteiger partial charge on any atom is -0.409 e. The van der Waals surface area contributed by atoms with Crippen LogP contribution in [-0.4, -0.2) is 29.0 Å². The highest BCUT2D eigenvalue weighted by Gasteiger charge is 2.10. The zero-order valence-electron chi connectivity index (χ0n) is 13.0. The summed E-state index contributed by atoms with van der Waals surface area (Å²) < 4.78 is 0. The van der Waals surface area contributed by atoms with Crippen LogP contribution in [0.3, 0.4) is 0 Å².